The van der Waals surface area contributed by atoms with E-state index in [9.17, 15) is 9.59 Å². The van der Waals surface area contributed by atoms with Crippen LogP contribution in [0.3, 0.4) is 0 Å². The second-order valence-electron chi connectivity index (χ2n) is 6.09. The lowest BCUT2D eigenvalue weighted by molar-refractivity contribution is -0.122. The van der Waals surface area contributed by atoms with Crippen LogP contribution in [0.2, 0.25) is 0 Å². The van der Waals surface area contributed by atoms with E-state index >= 15 is 0 Å². The van der Waals surface area contributed by atoms with Gasteiger partial charge in [-0.25, -0.2) is 9.97 Å². The van der Waals surface area contributed by atoms with Gasteiger partial charge in [-0.1, -0.05) is 6.92 Å². The normalized spacial score (nSPS) is 12.7. The van der Waals surface area contributed by atoms with Crippen LogP contribution in [0.15, 0.2) is 17.2 Å². The summed E-state index contributed by atoms with van der Waals surface area (Å²) in [6.07, 6.45) is 2.30. The van der Waals surface area contributed by atoms with Crippen LogP contribution in [0.4, 0.5) is 0 Å². The van der Waals surface area contributed by atoms with E-state index in [4.69, 9.17) is 0 Å². The highest BCUT2D eigenvalue weighted by Gasteiger charge is 2.16. The van der Waals surface area contributed by atoms with Gasteiger partial charge < -0.3 is 5.32 Å². The van der Waals surface area contributed by atoms with Crippen LogP contribution in [0.5, 0.6) is 0 Å². The lowest BCUT2D eigenvalue weighted by Crippen LogP contribution is -2.37. The fraction of sp³-hybridized carbons (Fsp3) is 0.412. The van der Waals surface area contributed by atoms with E-state index in [1.807, 2.05) is 33.8 Å². The monoisotopic (exact) mass is 344 g/mol. The predicted molar refractivity (Wildman–Crippen MR) is 96.6 cm³/mol. The molecule has 1 N–H and O–H groups in total. The van der Waals surface area contributed by atoms with E-state index in [0.29, 0.717) is 10.2 Å². The maximum Gasteiger partial charge on any atom is 0.271 e. The first kappa shape index (κ1) is 16.6. The Balaban J connectivity index is 2.05. The third-order valence-electron chi connectivity index (χ3n) is 4.08. The number of nitrogens with zero attached hydrogens (tertiary/aromatic N) is 3. The van der Waals surface area contributed by atoms with Crippen molar-refractivity contribution < 1.29 is 4.79 Å². The summed E-state index contributed by atoms with van der Waals surface area (Å²) in [5.41, 5.74) is 2.45. The number of thiophene rings is 1. The molecule has 3 aromatic rings. The summed E-state index contributed by atoms with van der Waals surface area (Å²) in [6.45, 7) is 7.84. The van der Waals surface area contributed by atoms with E-state index in [1.165, 1.54) is 22.2 Å². The molecule has 0 aromatic carbocycles. The Morgan fingerprint density at radius 1 is 1.42 bits per heavy atom. The zero-order valence-corrected chi connectivity index (χ0v) is 15.0. The van der Waals surface area contributed by atoms with Crippen molar-refractivity contribution in [1.82, 2.24) is 19.9 Å². The van der Waals surface area contributed by atoms with Crippen LogP contribution >= 0.6 is 11.3 Å². The van der Waals surface area contributed by atoms with Crippen LogP contribution < -0.4 is 10.9 Å². The van der Waals surface area contributed by atoms with Gasteiger partial charge in [0.05, 0.1) is 11.8 Å². The topological polar surface area (TPSA) is 76.9 Å². The molecule has 0 spiro atoms. The third-order valence-corrected chi connectivity index (χ3v) is 5.14. The summed E-state index contributed by atoms with van der Waals surface area (Å²) in [4.78, 5) is 34.5. The molecule has 126 valence electrons. The Bertz CT molecular complexity index is 990. The smallest absolute Gasteiger partial charge is 0.271 e. The van der Waals surface area contributed by atoms with Crippen LogP contribution in [0.25, 0.3) is 20.4 Å². The summed E-state index contributed by atoms with van der Waals surface area (Å²) in [6, 6.07) is 2.07. The summed E-state index contributed by atoms with van der Waals surface area (Å²) in [5, 5.41) is 3.79. The Kier molecular flexibility index (Phi) is 4.36. The molecule has 0 radical (unpaired) electrons. The maximum absolute atomic E-state index is 12.7. The quantitative estimate of drug-likeness (QED) is 0.789. The van der Waals surface area contributed by atoms with Gasteiger partial charge in [0.15, 0.2) is 0 Å². The summed E-state index contributed by atoms with van der Waals surface area (Å²) in [5.74, 6) is -0.182. The van der Waals surface area contributed by atoms with Crippen LogP contribution in [0, 0.1) is 13.8 Å². The Hall–Kier alpha value is -2.28. The fourth-order valence-corrected chi connectivity index (χ4v) is 3.89. The van der Waals surface area contributed by atoms with Gasteiger partial charge in [-0.2, -0.15) is 0 Å². The molecule has 7 heteroatoms. The Morgan fingerprint density at radius 3 is 2.88 bits per heavy atom. The zero-order chi connectivity index (χ0) is 17.4. The summed E-state index contributed by atoms with van der Waals surface area (Å²) in [7, 11) is 0. The first-order valence-corrected chi connectivity index (χ1v) is 8.77. The molecular weight excluding hydrogens is 324 g/mol. The van der Waals surface area contributed by atoms with Gasteiger partial charge in [0, 0.05) is 17.1 Å². The first-order chi connectivity index (χ1) is 11.4. The minimum atomic E-state index is -0.195. The van der Waals surface area contributed by atoms with E-state index in [2.05, 4.69) is 15.3 Å². The Labute approximate surface area is 143 Å². The SMILES string of the molecule is CC[C@H](C)NC(=O)Cn1cnc2c(sc3nc(C)cc(C)c32)c1=O. The number of hydrogen-bond donors (Lipinski definition) is 1. The predicted octanol–water partition coefficient (Wildman–Crippen LogP) is 2.54. The number of fused-ring (bicyclic) bond motifs is 3. The molecule has 3 aromatic heterocycles. The number of carbonyl (C=O) groups is 1. The van der Waals surface area contributed by atoms with Crippen molar-refractivity contribution in [2.45, 2.75) is 46.7 Å². The highest BCUT2D eigenvalue weighted by Crippen LogP contribution is 2.31. The number of amides is 1. The Morgan fingerprint density at radius 2 is 2.17 bits per heavy atom. The van der Waals surface area contributed by atoms with E-state index in [-0.39, 0.29) is 24.1 Å². The molecule has 0 saturated heterocycles. The highest BCUT2D eigenvalue weighted by atomic mass is 32.1. The van der Waals surface area contributed by atoms with E-state index in [1.54, 1.807) is 0 Å². The second kappa shape index (κ2) is 6.32. The average Bonchev–Trinajstić information content (AvgIpc) is 2.89. The zero-order valence-electron chi connectivity index (χ0n) is 14.2. The van der Waals surface area contributed by atoms with E-state index in [0.717, 1.165) is 27.9 Å². The molecule has 0 unspecified atom stereocenters. The van der Waals surface area contributed by atoms with Gasteiger partial charge in [0.2, 0.25) is 5.91 Å². The number of aromatic nitrogens is 3. The standard InChI is InChI=1S/C17H20N4O2S/c1-5-10(3)19-12(22)7-21-8-18-14-13-9(2)6-11(4)20-16(13)24-15(14)17(21)23/h6,8,10H,5,7H2,1-4H3,(H,19,22)/t10-/m0/s1. The van der Waals surface area contributed by atoms with Crippen molar-refractivity contribution in [3.8, 4) is 0 Å². The minimum Gasteiger partial charge on any atom is -0.352 e. The molecular formula is C17H20N4O2S. The molecule has 3 heterocycles. The van der Waals surface area contributed by atoms with Crippen LogP contribution in [0.1, 0.15) is 31.5 Å². The number of nitrogens with one attached hydrogen (secondary N) is 1. The fourth-order valence-electron chi connectivity index (χ4n) is 2.69. The van der Waals surface area contributed by atoms with Crippen molar-refractivity contribution in [2.24, 2.45) is 0 Å². The van der Waals surface area contributed by atoms with Crippen molar-refractivity contribution in [1.29, 1.82) is 0 Å². The number of aryl methyl sites for hydroxylation is 2. The molecule has 6 nitrogen and oxygen atoms in total. The van der Waals surface area contributed by atoms with Crippen LogP contribution in [-0.2, 0) is 11.3 Å². The lowest BCUT2D eigenvalue weighted by atomic mass is 10.1. The largest absolute Gasteiger partial charge is 0.352 e. The average molecular weight is 344 g/mol. The number of pyridine rings is 1. The molecule has 1 amide bonds. The van der Waals surface area contributed by atoms with Gasteiger partial charge in [-0.3, -0.25) is 14.2 Å². The highest BCUT2D eigenvalue weighted by molar-refractivity contribution is 7.25. The number of hydrogen-bond acceptors (Lipinski definition) is 5. The molecule has 0 aliphatic carbocycles. The molecule has 0 saturated carbocycles. The second-order valence-corrected chi connectivity index (χ2v) is 7.09. The molecule has 0 bridgehead atoms. The molecule has 0 aliphatic rings. The van der Waals surface area contributed by atoms with Crippen LogP contribution in [-0.4, -0.2) is 26.5 Å². The molecule has 24 heavy (non-hydrogen) atoms. The first-order valence-electron chi connectivity index (χ1n) is 7.96. The number of carbonyl (C=O) groups excluding carboxylic acids is 1. The molecule has 3 rings (SSSR count). The molecule has 1 atom stereocenters. The van der Waals surface area contributed by atoms with Crippen molar-refractivity contribution in [3.05, 3.63) is 34.0 Å². The van der Waals surface area contributed by atoms with Gasteiger partial charge >= 0.3 is 0 Å². The summed E-state index contributed by atoms with van der Waals surface area (Å²) >= 11 is 1.34. The minimum absolute atomic E-state index is 0.0220. The van der Waals surface area contributed by atoms with Gasteiger partial charge in [0.25, 0.3) is 5.56 Å². The van der Waals surface area contributed by atoms with E-state index < -0.39 is 0 Å². The van der Waals surface area contributed by atoms with Crippen molar-refractivity contribution in [2.75, 3.05) is 0 Å². The van der Waals surface area contributed by atoms with Gasteiger partial charge in [0.1, 0.15) is 16.1 Å². The maximum atomic E-state index is 12.7. The lowest BCUT2D eigenvalue weighted by Gasteiger charge is -2.12. The number of rotatable bonds is 4. The van der Waals surface area contributed by atoms with Gasteiger partial charge in [-0.05, 0) is 38.8 Å². The third kappa shape index (κ3) is 2.91. The van der Waals surface area contributed by atoms with Crippen molar-refractivity contribution >= 4 is 37.7 Å². The molecule has 0 aliphatic heterocycles. The molecule has 0 fully saturated rings. The van der Waals surface area contributed by atoms with Gasteiger partial charge in [-0.15, -0.1) is 11.3 Å². The summed E-state index contributed by atoms with van der Waals surface area (Å²) < 4.78 is 1.91. The van der Waals surface area contributed by atoms with Crippen molar-refractivity contribution in [3.63, 3.8) is 0 Å².